The van der Waals surface area contributed by atoms with Crippen LogP contribution in [0.4, 0.5) is 0 Å². The number of ether oxygens (including phenoxy) is 5. The quantitative estimate of drug-likeness (QED) is 0.391. The summed E-state index contributed by atoms with van der Waals surface area (Å²) < 4.78 is 28.0. The van der Waals surface area contributed by atoms with E-state index >= 15 is 0 Å². The Hall–Kier alpha value is -3.61. The predicted molar refractivity (Wildman–Crippen MR) is 123 cm³/mol. The number of carboxylic acids is 1. The molecule has 2 aromatic carbocycles. The number of methoxy groups -OCH3 is 4. The lowest BCUT2D eigenvalue weighted by atomic mass is 10.0. The number of carboxylic acid groups (broad SMARTS) is 1. The molecule has 0 bridgehead atoms. The Balaban J connectivity index is 2.52. The van der Waals surface area contributed by atoms with Crippen LogP contribution in [0.5, 0.6) is 28.7 Å². The summed E-state index contributed by atoms with van der Waals surface area (Å²) in [6.45, 7) is 4.22. The van der Waals surface area contributed by atoms with E-state index in [4.69, 9.17) is 28.8 Å². The van der Waals surface area contributed by atoms with Gasteiger partial charge in [0.05, 0.1) is 28.4 Å². The molecule has 0 aliphatic heterocycles. The first-order valence-electron chi connectivity index (χ1n) is 10.0. The molecule has 0 fully saturated rings. The molecular weight excluding hydrogens is 412 g/mol. The summed E-state index contributed by atoms with van der Waals surface area (Å²) in [5.74, 6) is 1.71. The lowest BCUT2D eigenvalue weighted by molar-refractivity contribution is -0.131. The first kappa shape index (κ1) is 24.7. The van der Waals surface area contributed by atoms with Crippen molar-refractivity contribution in [3.8, 4) is 28.7 Å². The highest BCUT2D eigenvalue weighted by molar-refractivity contribution is 5.86. The van der Waals surface area contributed by atoms with E-state index in [2.05, 4.69) is 6.08 Å². The molecule has 2 rings (SSSR count). The molecule has 0 spiro atoms. The molecule has 0 heterocycles. The minimum absolute atomic E-state index is 0.194. The molecule has 7 heteroatoms. The Bertz CT molecular complexity index is 977. The van der Waals surface area contributed by atoms with E-state index in [-0.39, 0.29) is 6.61 Å². The first-order valence-corrected chi connectivity index (χ1v) is 10.0. The summed E-state index contributed by atoms with van der Waals surface area (Å²) in [6.07, 6.45) is 5.23. The van der Waals surface area contributed by atoms with Crippen LogP contribution in [-0.2, 0) is 17.8 Å². The summed E-state index contributed by atoms with van der Waals surface area (Å²) >= 11 is 0. The average Bonchev–Trinajstić information content (AvgIpc) is 2.78. The Labute approximate surface area is 188 Å². The molecular formula is C25H30O7. The van der Waals surface area contributed by atoms with Crippen LogP contribution in [0.3, 0.4) is 0 Å². The van der Waals surface area contributed by atoms with Gasteiger partial charge in [-0.2, -0.15) is 0 Å². The molecule has 0 amide bonds. The molecule has 0 unspecified atom stereocenters. The number of allylic oxidation sites excluding steroid dienone is 2. The van der Waals surface area contributed by atoms with Crippen molar-refractivity contribution in [2.45, 2.75) is 26.9 Å². The minimum atomic E-state index is -1.04. The van der Waals surface area contributed by atoms with Crippen LogP contribution in [0.15, 0.2) is 42.0 Å². The van der Waals surface area contributed by atoms with Crippen molar-refractivity contribution in [3.05, 3.63) is 58.7 Å². The largest absolute Gasteiger partial charge is 0.496 e. The van der Waals surface area contributed by atoms with E-state index < -0.39 is 5.97 Å². The van der Waals surface area contributed by atoms with Crippen LogP contribution in [-0.4, -0.2) is 39.5 Å². The van der Waals surface area contributed by atoms with Gasteiger partial charge < -0.3 is 28.8 Å². The molecule has 0 saturated heterocycles. The van der Waals surface area contributed by atoms with E-state index in [1.165, 1.54) is 6.08 Å². The normalized spacial score (nSPS) is 10.6. The fraction of sp³-hybridized carbons (Fsp3) is 0.320. The van der Waals surface area contributed by atoms with E-state index in [1.807, 2.05) is 32.0 Å². The summed E-state index contributed by atoms with van der Waals surface area (Å²) in [6, 6.07) is 7.20. The zero-order valence-corrected chi connectivity index (χ0v) is 19.4. The first-order chi connectivity index (χ1) is 15.3. The second-order valence-corrected chi connectivity index (χ2v) is 7.14. The van der Waals surface area contributed by atoms with Gasteiger partial charge in [0.2, 0.25) is 5.75 Å². The summed E-state index contributed by atoms with van der Waals surface area (Å²) in [4.78, 5) is 11.1. The molecule has 2 aromatic rings. The molecule has 7 nitrogen and oxygen atoms in total. The molecule has 0 aliphatic rings. The Morgan fingerprint density at radius 3 is 2.03 bits per heavy atom. The van der Waals surface area contributed by atoms with Crippen molar-refractivity contribution in [1.82, 2.24) is 0 Å². The monoisotopic (exact) mass is 442 g/mol. The molecule has 0 radical (unpaired) electrons. The van der Waals surface area contributed by atoms with Gasteiger partial charge in [0.1, 0.15) is 18.1 Å². The van der Waals surface area contributed by atoms with E-state index in [0.29, 0.717) is 40.7 Å². The van der Waals surface area contributed by atoms with Crippen molar-refractivity contribution in [2.24, 2.45) is 0 Å². The second kappa shape index (κ2) is 11.7. The number of carbonyl (C=O) groups is 1. The van der Waals surface area contributed by atoms with Gasteiger partial charge in [-0.1, -0.05) is 11.6 Å². The van der Waals surface area contributed by atoms with Gasteiger partial charge in [-0.25, -0.2) is 4.79 Å². The second-order valence-electron chi connectivity index (χ2n) is 7.14. The third-order valence-electron chi connectivity index (χ3n) is 4.70. The molecule has 0 aromatic heterocycles. The van der Waals surface area contributed by atoms with Gasteiger partial charge in [-0.15, -0.1) is 0 Å². The summed E-state index contributed by atoms with van der Waals surface area (Å²) in [5, 5.41) is 9.08. The smallest absolute Gasteiger partial charge is 0.328 e. The fourth-order valence-electron chi connectivity index (χ4n) is 3.16. The lowest BCUT2D eigenvalue weighted by Crippen LogP contribution is -2.04. The SMILES string of the molecule is COc1ccc(C=CC(=O)O)c(OCc2cc(OC)c(OC)c(OC)c2)c1CC=C(C)C. The zero-order valence-electron chi connectivity index (χ0n) is 19.4. The van der Waals surface area contributed by atoms with Gasteiger partial charge in [0.25, 0.3) is 0 Å². The van der Waals surface area contributed by atoms with Crippen LogP contribution in [0.2, 0.25) is 0 Å². The molecule has 0 atom stereocenters. The lowest BCUT2D eigenvalue weighted by Gasteiger charge is -2.18. The van der Waals surface area contributed by atoms with Crippen LogP contribution < -0.4 is 23.7 Å². The van der Waals surface area contributed by atoms with Gasteiger partial charge in [-0.05, 0) is 56.2 Å². The third kappa shape index (κ3) is 6.20. The topological polar surface area (TPSA) is 83.5 Å². The fourth-order valence-corrected chi connectivity index (χ4v) is 3.16. The summed E-state index contributed by atoms with van der Waals surface area (Å²) in [7, 11) is 6.24. The number of hydrogen-bond acceptors (Lipinski definition) is 6. The molecule has 172 valence electrons. The number of benzene rings is 2. The third-order valence-corrected chi connectivity index (χ3v) is 4.70. The van der Waals surface area contributed by atoms with Gasteiger partial charge >= 0.3 is 5.97 Å². The van der Waals surface area contributed by atoms with Crippen LogP contribution >= 0.6 is 0 Å². The van der Waals surface area contributed by atoms with Crippen molar-refractivity contribution in [3.63, 3.8) is 0 Å². The molecule has 0 saturated carbocycles. The standard InChI is InChI=1S/C25H30O7/c1-16(2)7-10-19-20(28-3)11-8-18(9-12-23(26)27)24(19)32-15-17-13-21(29-4)25(31-6)22(14-17)30-5/h7-9,11-14H,10,15H2,1-6H3,(H,26,27). The van der Waals surface area contributed by atoms with Gasteiger partial charge in [-0.3, -0.25) is 0 Å². The van der Waals surface area contributed by atoms with Crippen LogP contribution in [0.25, 0.3) is 6.08 Å². The predicted octanol–water partition coefficient (Wildman–Crippen LogP) is 4.91. The molecule has 0 aliphatic carbocycles. The van der Waals surface area contributed by atoms with Crippen molar-refractivity contribution in [1.29, 1.82) is 0 Å². The minimum Gasteiger partial charge on any atom is -0.496 e. The Kier molecular flexibility index (Phi) is 9.01. The van der Waals surface area contributed by atoms with Gasteiger partial charge in [0.15, 0.2) is 11.5 Å². The average molecular weight is 443 g/mol. The molecule has 1 N–H and O–H groups in total. The highest BCUT2D eigenvalue weighted by atomic mass is 16.5. The zero-order chi connectivity index (χ0) is 23.7. The Morgan fingerprint density at radius 1 is 0.906 bits per heavy atom. The maximum absolute atomic E-state index is 11.1. The Morgan fingerprint density at radius 2 is 1.53 bits per heavy atom. The maximum Gasteiger partial charge on any atom is 0.328 e. The summed E-state index contributed by atoms with van der Waals surface area (Å²) in [5.41, 5.74) is 3.41. The van der Waals surface area contributed by atoms with E-state index in [1.54, 1.807) is 34.5 Å². The maximum atomic E-state index is 11.1. The van der Waals surface area contributed by atoms with E-state index in [9.17, 15) is 4.79 Å². The van der Waals surface area contributed by atoms with E-state index in [0.717, 1.165) is 22.8 Å². The number of hydrogen-bond donors (Lipinski definition) is 1. The molecule has 32 heavy (non-hydrogen) atoms. The van der Waals surface area contributed by atoms with Gasteiger partial charge in [0, 0.05) is 17.2 Å². The van der Waals surface area contributed by atoms with Crippen LogP contribution in [0, 0.1) is 0 Å². The highest BCUT2D eigenvalue weighted by Gasteiger charge is 2.17. The number of rotatable bonds is 11. The number of aliphatic carboxylic acids is 1. The van der Waals surface area contributed by atoms with Crippen LogP contribution in [0.1, 0.15) is 30.5 Å². The van der Waals surface area contributed by atoms with Crippen molar-refractivity contribution < 1.29 is 33.6 Å². The van der Waals surface area contributed by atoms with Crippen molar-refractivity contribution in [2.75, 3.05) is 28.4 Å². The van der Waals surface area contributed by atoms with Crippen molar-refractivity contribution >= 4 is 12.0 Å². The highest BCUT2D eigenvalue weighted by Crippen LogP contribution is 2.39.